The number of hydrogen-bond donors (Lipinski definition) is 1. The van der Waals surface area contributed by atoms with Crippen LogP contribution >= 0.6 is 0 Å². The van der Waals surface area contributed by atoms with Gasteiger partial charge in [-0.05, 0) is 32.1 Å². The van der Waals surface area contributed by atoms with Gasteiger partial charge in [-0.3, -0.25) is 14.1 Å². The van der Waals surface area contributed by atoms with Crippen molar-refractivity contribution in [1.82, 2.24) is 0 Å². The summed E-state index contributed by atoms with van der Waals surface area (Å²) < 4.78 is 39.2. The van der Waals surface area contributed by atoms with Crippen LogP contribution in [0.1, 0.15) is 32.1 Å². The van der Waals surface area contributed by atoms with Gasteiger partial charge in [0.25, 0.3) is 16.6 Å². The molecule has 1 rings (SSSR count). The first-order valence-electron chi connectivity index (χ1n) is 6.13. The normalized spacial score (nSPS) is 23.6. The van der Waals surface area contributed by atoms with Crippen LogP contribution in [-0.2, 0) is 29.2 Å². The van der Waals surface area contributed by atoms with Gasteiger partial charge in [0.1, 0.15) is 6.10 Å². The van der Waals surface area contributed by atoms with Gasteiger partial charge in [-0.2, -0.15) is 8.42 Å². The molecule has 0 unspecified atom stereocenters. The highest BCUT2D eigenvalue weighted by Gasteiger charge is 2.28. The fourth-order valence-corrected chi connectivity index (χ4v) is 2.53. The van der Waals surface area contributed by atoms with Gasteiger partial charge < -0.3 is 9.47 Å². The predicted octanol–water partition coefficient (Wildman–Crippen LogP) is 0.539. The Morgan fingerprint density at radius 2 is 1.89 bits per heavy atom. The molecule has 110 valence electrons. The van der Waals surface area contributed by atoms with E-state index in [1.807, 2.05) is 0 Å². The predicted molar refractivity (Wildman–Crippen MR) is 64.9 cm³/mol. The van der Waals surface area contributed by atoms with Crippen LogP contribution in [0.25, 0.3) is 0 Å². The van der Waals surface area contributed by atoms with E-state index in [1.54, 1.807) is 0 Å². The highest BCUT2D eigenvalue weighted by atomic mass is 32.2. The topological polar surface area (TPSA) is 107 Å². The Balaban J connectivity index is 2.19. The standard InChI is InChI=1S/C11H18O7S/c12-8-18-10-4-2-9(3-5-10)11(13)17-6-1-7-19(14,15)16/h8-10H,1-7H2,(H,14,15,16). The largest absolute Gasteiger partial charge is 0.465 e. The molecule has 8 heteroatoms. The summed E-state index contributed by atoms with van der Waals surface area (Å²) in [4.78, 5) is 21.8. The average molecular weight is 294 g/mol. The summed E-state index contributed by atoms with van der Waals surface area (Å²) in [7, 11) is -4.00. The Labute approximate surface area is 112 Å². The van der Waals surface area contributed by atoms with Gasteiger partial charge in [-0.1, -0.05) is 0 Å². The first-order chi connectivity index (χ1) is 8.92. The maximum atomic E-state index is 11.6. The number of hydrogen-bond acceptors (Lipinski definition) is 6. The number of ether oxygens (including phenoxy) is 2. The minimum atomic E-state index is -4.00. The lowest BCUT2D eigenvalue weighted by Crippen LogP contribution is -2.27. The van der Waals surface area contributed by atoms with Crippen molar-refractivity contribution < 1.29 is 32.0 Å². The zero-order valence-corrected chi connectivity index (χ0v) is 11.3. The minimum Gasteiger partial charge on any atom is -0.465 e. The van der Waals surface area contributed by atoms with E-state index in [4.69, 9.17) is 14.0 Å². The van der Waals surface area contributed by atoms with Crippen LogP contribution < -0.4 is 0 Å². The molecule has 1 saturated carbocycles. The van der Waals surface area contributed by atoms with E-state index >= 15 is 0 Å². The fourth-order valence-electron chi connectivity index (χ4n) is 2.05. The SMILES string of the molecule is O=COC1CCC(C(=O)OCCCS(=O)(=O)O)CC1. The summed E-state index contributed by atoms with van der Waals surface area (Å²) in [5, 5.41) is 0. The summed E-state index contributed by atoms with van der Waals surface area (Å²) >= 11 is 0. The van der Waals surface area contributed by atoms with Gasteiger partial charge in [0.15, 0.2) is 0 Å². The van der Waals surface area contributed by atoms with Gasteiger partial charge in [-0.25, -0.2) is 0 Å². The number of carbonyl (C=O) groups excluding carboxylic acids is 2. The maximum absolute atomic E-state index is 11.6. The van der Waals surface area contributed by atoms with Crippen molar-refractivity contribution in [3.8, 4) is 0 Å². The second-order valence-electron chi connectivity index (χ2n) is 4.51. The molecule has 0 amide bonds. The molecule has 0 aromatic carbocycles. The lowest BCUT2D eigenvalue weighted by Gasteiger charge is -2.25. The molecule has 0 bridgehead atoms. The summed E-state index contributed by atoms with van der Waals surface area (Å²) in [6.07, 6.45) is 2.40. The third kappa shape index (κ3) is 6.53. The summed E-state index contributed by atoms with van der Waals surface area (Å²) in [6.45, 7) is 0.391. The van der Waals surface area contributed by atoms with Crippen molar-refractivity contribution in [3.63, 3.8) is 0 Å². The van der Waals surface area contributed by atoms with Crippen molar-refractivity contribution in [2.24, 2.45) is 5.92 Å². The quantitative estimate of drug-likeness (QED) is 0.316. The molecular formula is C11H18O7S. The molecule has 0 saturated heterocycles. The van der Waals surface area contributed by atoms with Gasteiger partial charge in [0, 0.05) is 0 Å². The van der Waals surface area contributed by atoms with Crippen molar-refractivity contribution in [1.29, 1.82) is 0 Å². The molecule has 1 fully saturated rings. The smallest absolute Gasteiger partial charge is 0.308 e. The fraction of sp³-hybridized carbons (Fsp3) is 0.818. The molecule has 7 nitrogen and oxygen atoms in total. The molecule has 0 aromatic rings. The first-order valence-corrected chi connectivity index (χ1v) is 7.74. The van der Waals surface area contributed by atoms with Crippen molar-refractivity contribution in [2.45, 2.75) is 38.2 Å². The Hall–Kier alpha value is -1.15. The second kappa shape index (κ2) is 7.44. The molecular weight excluding hydrogens is 276 g/mol. The lowest BCUT2D eigenvalue weighted by molar-refractivity contribution is -0.151. The van der Waals surface area contributed by atoms with E-state index in [0.717, 1.165) is 0 Å². The Morgan fingerprint density at radius 3 is 2.42 bits per heavy atom. The molecule has 19 heavy (non-hydrogen) atoms. The van der Waals surface area contributed by atoms with Crippen LogP contribution in [0, 0.1) is 5.92 Å². The molecule has 0 heterocycles. The summed E-state index contributed by atoms with van der Waals surface area (Å²) in [5.74, 6) is -1.00. The molecule has 1 aliphatic carbocycles. The van der Waals surface area contributed by atoms with Crippen LogP contribution in [0.5, 0.6) is 0 Å². The molecule has 0 aliphatic heterocycles. The van der Waals surface area contributed by atoms with Gasteiger partial charge in [-0.15, -0.1) is 0 Å². The zero-order valence-electron chi connectivity index (χ0n) is 10.5. The van der Waals surface area contributed by atoms with Gasteiger partial charge >= 0.3 is 5.97 Å². The highest BCUT2D eigenvalue weighted by Crippen LogP contribution is 2.26. The van der Waals surface area contributed by atoms with E-state index in [1.165, 1.54) is 0 Å². The molecule has 1 aliphatic rings. The third-order valence-electron chi connectivity index (χ3n) is 3.05. The van der Waals surface area contributed by atoms with Crippen LogP contribution in [0.15, 0.2) is 0 Å². The Kier molecular flexibility index (Phi) is 6.23. The summed E-state index contributed by atoms with van der Waals surface area (Å²) in [6, 6.07) is 0. The third-order valence-corrected chi connectivity index (χ3v) is 3.85. The van der Waals surface area contributed by atoms with Crippen molar-refractivity contribution in [2.75, 3.05) is 12.4 Å². The summed E-state index contributed by atoms with van der Waals surface area (Å²) in [5.41, 5.74) is 0. The molecule has 0 atom stereocenters. The van der Waals surface area contributed by atoms with Crippen molar-refractivity contribution in [3.05, 3.63) is 0 Å². The van der Waals surface area contributed by atoms with Gasteiger partial charge in [0.2, 0.25) is 0 Å². The van der Waals surface area contributed by atoms with Gasteiger partial charge in [0.05, 0.1) is 18.3 Å². The van der Waals surface area contributed by atoms with Crippen LogP contribution in [0.4, 0.5) is 0 Å². The van der Waals surface area contributed by atoms with Crippen LogP contribution in [0.2, 0.25) is 0 Å². The Bertz CT molecular complexity index is 395. The molecule has 0 radical (unpaired) electrons. The number of carbonyl (C=O) groups is 2. The van der Waals surface area contributed by atoms with E-state index in [-0.39, 0.29) is 31.0 Å². The zero-order chi connectivity index (χ0) is 14.3. The monoisotopic (exact) mass is 294 g/mol. The van der Waals surface area contributed by atoms with E-state index in [2.05, 4.69) is 0 Å². The maximum Gasteiger partial charge on any atom is 0.308 e. The molecule has 0 spiro atoms. The minimum absolute atomic E-state index is 0.0244. The van der Waals surface area contributed by atoms with E-state index < -0.39 is 15.9 Å². The van der Waals surface area contributed by atoms with Crippen molar-refractivity contribution >= 4 is 22.6 Å². The lowest BCUT2D eigenvalue weighted by atomic mass is 9.87. The molecule has 0 aromatic heterocycles. The number of rotatable bonds is 7. The van der Waals surface area contributed by atoms with E-state index in [0.29, 0.717) is 32.2 Å². The average Bonchev–Trinajstić information content (AvgIpc) is 2.34. The first kappa shape index (κ1) is 15.9. The second-order valence-corrected chi connectivity index (χ2v) is 6.09. The van der Waals surface area contributed by atoms with Crippen LogP contribution in [0.3, 0.4) is 0 Å². The van der Waals surface area contributed by atoms with Crippen LogP contribution in [-0.4, -0.2) is 43.9 Å². The molecule has 1 N–H and O–H groups in total. The Morgan fingerprint density at radius 1 is 1.26 bits per heavy atom. The number of esters is 1. The van der Waals surface area contributed by atoms with E-state index in [9.17, 15) is 18.0 Å². The highest BCUT2D eigenvalue weighted by molar-refractivity contribution is 7.85.